The average Bonchev–Trinajstić information content (AvgIpc) is 2.36. The summed E-state index contributed by atoms with van der Waals surface area (Å²) in [5.74, 6) is -1.85. The number of rotatable bonds is 8. The van der Waals surface area contributed by atoms with E-state index in [9.17, 15) is 9.59 Å². The smallest absolute Gasteiger partial charge is 0.305 e. The summed E-state index contributed by atoms with van der Waals surface area (Å²) in [6, 6.07) is 4.42. The zero-order valence-electron chi connectivity index (χ0n) is 11.1. The zero-order valence-corrected chi connectivity index (χ0v) is 11.9. The van der Waals surface area contributed by atoms with Crippen LogP contribution >= 0.6 is 11.6 Å². The van der Waals surface area contributed by atoms with Crippen LogP contribution in [0.5, 0.6) is 5.75 Å². The molecule has 0 amide bonds. The molecule has 116 valence electrons. The number of aliphatic carboxylic acids is 2. The minimum absolute atomic E-state index is 0.381. The maximum Gasteiger partial charge on any atom is 0.305 e. The molecule has 6 N–H and O–H groups in total. The van der Waals surface area contributed by atoms with E-state index in [0.29, 0.717) is 10.8 Å². The van der Waals surface area contributed by atoms with Crippen molar-refractivity contribution in [3.8, 4) is 5.75 Å². The van der Waals surface area contributed by atoms with Crippen molar-refractivity contribution in [2.45, 2.75) is 31.0 Å². The molecule has 21 heavy (non-hydrogen) atoms. The van der Waals surface area contributed by atoms with Crippen LogP contribution in [0.2, 0.25) is 5.02 Å². The molecule has 0 aliphatic heterocycles. The lowest BCUT2D eigenvalue weighted by atomic mass is 9.99. The van der Waals surface area contributed by atoms with Crippen LogP contribution in [0.15, 0.2) is 24.3 Å². The average molecular weight is 317 g/mol. The number of ether oxygens (including phenoxy) is 1. The molecular formula is C13H17ClN2O5. The van der Waals surface area contributed by atoms with Crippen LogP contribution in [0.4, 0.5) is 0 Å². The molecule has 0 fully saturated rings. The fraction of sp³-hybridized carbons (Fsp3) is 0.385. The van der Waals surface area contributed by atoms with Crippen molar-refractivity contribution in [1.29, 1.82) is 0 Å². The molecule has 0 aliphatic carbocycles. The SMILES string of the molecule is NC(CC(=O)O)C(Oc1ccc(Cl)cc1)C(N)CC(=O)O. The largest absolute Gasteiger partial charge is 0.487 e. The molecule has 0 aliphatic rings. The van der Waals surface area contributed by atoms with Crippen LogP contribution in [-0.2, 0) is 9.59 Å². The second-order valence-electron chi connectivity index (χ2n) is 4.56. The van der Waals surface area contributed by atoms with Crippen LogP contribution in [0.3, 0.4) is 0 Å². The van der Waals surface area contributed by atoms with Gasteiger partial charge in [0.2, 0.25) is 0 Å². The number of carboxylic acid groups (broad SMARTS) is 2. The van der Waals surface area contributed by atoms with Gasteiger partial charge in [-0.2, -0.15) is 0 Å². The molecule has 0 spiro atoms. The number of hydrogen-bond acceptors (Lipinski definition) is 5. The lowest BCUT2D eigenvalue weighted by Crippen LogP contribution is -2.52. The summed E-state index contributed by atoms with van der Waals surface area (Å²) in [6.45, 7) is 0. The molecular weight excluding hydrogens is 300 g/mol. The number of hydrogen-bond donors (Lipinski definition) is 4. The first-order valence-corrected chi connectivity index (χ1v) is 6.54. The van der Waals surface area contributed by atoms with E-state index in [4.69, 9.17) is 38.0 Å². The zero-order chi connectivity index (χ0) is 16.0. The quantitative estimate of drug-likeness (QED) is 0.554. The van der Waals surface area contributed by atoms with Gasteiger partial charge >= 0.3 is 11.9 Å². The fourth-order valence-electron chi connectivity index (χ4n) is 1.80. The third-order valence-electron chi connectivity index (χ3n) is 2.75. The summed E-state index contributed by atoms with van der Waals surface area (Å²) in [5.41, 5.74) is 11.5. The van der Waals surface area contributed by atoms with Gasteiger partial charge in [-0.05, 0) is 24.3 Å². The Morgan fingerprint density at radius 1 is 1.05 bits per heavy atom. The standard InChI is InChI=1S/C13H17ClN2O5/c14-7-1-3-8(4-2-7)21-13(9(15)5-11(17)18)10(16)6-12(19)20/h1-4,9-10,13H,5-6,15-16H2,(H,17,18)(H,19,20). The van der Waals surface area contributed by atoms with Crippen molar-refractivity contribution in [3.05, 3.63) is 29.3 Å². The topological polar surface area (TPSA) is 136 Å². The molecule has 2 unspecified atom stereocenters. The highest BCUT2D eigenvalue weighted by Crippen LogP contribution is 2.19. The molecule has 1 aromatic carbocycles. The molecule has 0 heterocycles. The summed E-state index contributed by atoms with van der Waals surface area (Å²) >= 11 is 5.75. The van der Waals surface area contributed by atoms with Crippen LogP contribution in [0.1, 0.15) is 12.8 Å². The Bertz CT molecular complexity index is 472. The molecule has 0 bridgehead atoms. The molecule has 0 aromatic heterocycles. The molecule has 8 heteroatoms. The molecule has 1 rings (SSSR count). The van der Waals surface area contributed by atoms with Gasteiger partial charge in [-0.3, -0.25) is 9.59 Å². The van der Waals surface area contributed by atoms with Gasteiger partial charge in [0, 0.05) is 5.02 Å². The minimum Gasteiger partial charge on any atom is -0.487 e. The van der Waals surface area contributed by atoms with E-state index in [1.165, 1.54) is 0 Å². The van der Waals surface area contributed by atoms with Crippen molar-refractivity contribution in [1.82, 2.24) is 0 Å². The molecule has 2 atom stereocenters. The highest BCUT2D eigenvalue weighted by Gasteiger charge is 2.30. The normalized spacial score (nSPS) is 15.0. The van der Waals surface area contributed by atoms with Gasteiger partial charge in [-0.1, -0.05) is 11.6 Å². The lowest BCUT2D eigenvalue weighted by Gasteiger charge is -2.28. The molecule has 0 saturated heterocycles. The summed E-state index contributed by atoms with van der Waals surface area (Å²) in [4.78, 5) is 21.5. The number of benzene rings is 1. The maximum absolute atomic E-state index is 10.7. The van der Waals surface area contributed by atoms with Crippen molar-refractivity contribution in [3.63, 3.8) is 0 Å². The Balaban J connectivity index is 2.86. The van der Waals surface area contributed by atoms with Gasteiger partial charge in [0.25, 0.3) is 0 Å². The van der Waals surface area contributed by atoms with Gasteiger partial charge in [0.05, 0.1) is 24.9 Å². The second-order valence-corrected chi connectivity index (χ2v) is 5.00. The van der Waals surface area contributed by atoms with Gasteiger partial charge in [0.1, 0.15) is 11.9 Å². The number of carbonyl (C=O) groups is 2. The Labute approximate surface area is 126 Å². The van der Waals surface area contributed by atoms with Gasteiger partial charge in [0.15, 0.2) is 0 Å². The fourth-order valence-corrected chi connectivity index (χ4v) is 1.92. The minimum atomic E-state index is -1.12. The van der Waals surface area contributed by atoms with E-state index in [1.807, 2.05) is 0 Å². The monoisotopic (exact) mass is 316 g/mol. The van der Waals surface area contributed by atoms with E-state index in [0.717, 1.165) is 0 Å². The van der Waals surface area contributed by atoms with E-state index in [1.54, 1.807) is 24.3 Å². The Morgan fingerprint density at radius 3 is 1.86 bits per heavy atom. The van der Waals surface area contributed by atoms with E-state index >= 15 is 0 Å². The van der Waals surface area contributed by atoms with Crippen LogP contribution in [0.25, 0.3) is 0 Å². The first-order valence-electron chi connectivity index (χ1n) is 6.16. The number of carboxylic acids is 2. The Morgan fingerprint density at radius 2 is 1.48 bits per heavy atom. The summed E-state index contributed by atoms with van der Waals surface area (Å²) in [7, 11) is 0. The Kier molecular flexibility index (Phi) is 6.41. The maximum atomic E-state index is 10.7. The number of nitrogens with two attached hydrogens (primary N) is 2. The van der Waals surface area contributed by atoms with Crippen LogP contribution < -0.4 is 16.2 Å². The van der Waals surface area contributed by atoms with Crippen LogP contribution in [-0.4, -0.2) is 40.3 Å². The molecule has 7 nitrogen and oxygen atoms in total. The predicted molar refractivity (Wildman–Crippen MR) is 76.3 cm³/mol. The van der Waals surface area contributed by atoms with Crippen LogP contribution in [0, 0.1) is 0 Å². The first-order chi connectivity index (χ1) is 9.79. The highest BCUT2D eigenvalue weighted by atomic mass is 35.5. The van der Waals surface area contributed by atoms with Gasteiger partial charge in [-0.25, -0.2) is 0 Å². The third-order valence-corrected chi connectivity index (χ3v) is 3.00. The second kappa shape index (κ2) is 7.82. The number of halogens is 1. The van der Waals surface area contributed by atoms with Crippen molar-refractivity contribution >= 4 is 23.5 Å². The van der Waals surface area contributed by atoms with Crippen molar-refractivity contribution in [2.75, 3.05) is 0 Å². The Hall–Kier alpha value is -1.83. The summed E-state index contributed by atoms with van der Waals surface area (Å²) in [6.07, 6.45) is -1.71. The first kappa shape index (κ1) is 17.2. The summed E-state index contributed by atoms with van der Waals surface area (Å²) in [5, 5.41) is 18.1. The van der Waals surface area contributed by atoms with Crippen molar-refractivity contribution in [2.24, 2.45) is 11.5 Å². The van der Waals surface area contributed by atoms with Gasteiger partial charge in [-0.15, -0.1) is 0 Å². The molecule has 1 aromatic rings. The molecule has 0 saturated carbocycles. The van der Waals surface area contributed by atoms with Crippen molar-refractivity contribution < 1.29 is 24.5 Å². The molecule has 0 radical (unpaired) electrons. The third kappa shape index (κ3) is 5.99. The summed E-state index contributed by atoms with van der Waals surface area (Å²) < 4.78 is 5.56. The highest BCUT2D eigenvalue weighted by molar-refractivity contribution is 6.30. The lowest BCUT2D eigenvalue weighted by molar-refractivity contribution is -0.138. The van der Waals surface area contributed by atoms with E-state index in [-0.39, 0.29) is 12.8 Å². The predicted octanol–water partition coefficient (Wildman–Crippen LogP) is 0.691. The van der Waals surface area contributed by atoms with E-state index in [2.05, 4.69) is 0 Å². The van der Waals surface area contributed by atoms with E-state index < -0.39 is 30.1 Å². The van der Waals surface area contributed by atoms with Gasteiger partial charge < -0.3 is 26.4 Å².